The summed E-state index contributed by atoms with van der Waals surface area (Å²) in [5.41, 5.74) is 15.5. The van der Waals surface area contributed by atoms with E-state index in [4.69, 9.17) is 0 Å². The summed E-state index contributed by atoms with van der Waals surface area (Å²) < 4.78 is 0. The molecule has 0 heteroatoms. The number of fused-ring (bicyclic) bond motifs is 7. The maximum absolute atomic E-state index is 2.47. The third kappa shape index (κ3) is 4.44. The van der Waals surface area contributed by atoms with E-state index in [-0.39, 0.29) is 5.41 Å². The fourth-order valence-corrected chi connectivity index (χ4v) is 7.77. The molecule has 0 N–H and O–H groups in total. The predicted molar refractivity (Wildman–Crippen MR) is 201 cm³/mol. The van der Waals surface area contributed by atoms with E-state index in [0.717, 1.165) is 0 Å². The molecule has 0 aromatic heterocycles. The Morgan fingerprint density at radius 1 is 0.319 bits per heavy atom. The highest BCUT2D eigenvalue weighted by molar-refractivity contribution is 6.14. The van der Waals surface area contributed by atoms with E-state index in [1.807, 2.05) is 0 Å². The van der Waals surface area contributed by atoms with Crippen molar-refractivity contribution >= 4 is 21.5 Å². The molecule has 0 atom stereocenters. The molecule has 0 amide bonds. The first kappa shape index (κ1) is 27.6. The van der Waals surface area contributed by atoms with Gasteiger partial charge in [0.2, 0.25) is 0 Å². The molecule has 0 fully saturated rings. The molecule has 0 nitrogen and oxygen atoms in total. The van der Waals surface area contributed by atoms with Crippen molar-refractivity contribution in [2.24, 2.45) is 0 Å². The summed E-state index contributed by atoms with van der Waals surface area (Å²) in [5.74, 6) is 0. The average molecular weight is 599 g/mol. The van der Waals surface area contributed by atoms with Gasteiger partial charge in [-0.3, -0.25) is 0 Å². The zero-order valence-corrected chi connectivity index (χ0v) is 26.7. The number of benzene rings is 8. The molecule has 0 heterocycles. The van der Waals surface area contributed by atoms with Gasteiger partial charge in [-0.05, 0) is 94.4 Å². The second-order valence-corrected chi connectivity index (χ2v) is 13.3. The van der Waals surface area contributed by atoms with Crippen molar-refractivity contribution in [3.63, 3.8) is 0 Å². The molecule has 222 valence electrons. The van der Waals surface area contributed by atoms with Crippen molar-refractivity contribution in [1.82, 2.24) is 0 Å². The molecule has 8 aromatic rings. The zero-order valence-electron chi connectivity index (χ0n) is 26.7. The topological polar surface area (TPSA) is 0 Å². The first-order valence-electron chi connectivity index (χ1n) is 16.5. The number of hydrogen-bond acceptors (Lipinski definition) is 0. The summed E-state index contributed by atoms with van der Waals surface area (Å²) in [6.07, 6.45) is 0. The van der Waals surface area contributed by atoms with Crippen LogP contribution in [0.5, 0.6) is 0 Å². The Hall–Kier alpha value is -5.72. The van der Waals surface area contributed by atoms with Crippen molar-refractivity contribution < 1.29 is 0 Å². The summed E-state index contributed by atoms with van der Waals surface area (Å²) in [7, 11) is 0. The van der Waals surface area contributed by atoms with Crippen LogP contribution in [-0.4, -0.2) is 0 Å². The van der Waals surface area contributed by atoms with Crippen LogP contribution in [0, 0.1) is 0 Å². The maximum atomic E-state index is 2.47. The third-order valence-electron chi connectivity index (χ3n) is 10.3. The van der Waals surface area contributed by atoms with Gasteiger partial charge in [0.25, 0.3) is 0 Å². The molecular formula is C47H34. The third-order valence-corrected chi connectivity index (χ3v) is 10.3. The number of rotatable bonds is 4. The van der Waals surface area contributed by atoms with Gasteiger partial charge in [0, 0.05) is 5.41 Å². The van der Waals surface area contributed by atoms with Crippen LogP contribution in [0.1, 0.15) is 25.0 Å². The molecule has 0 unspecified atom stereocenters. The smallest absolute Gasteiger partial charge is 0.0159 e. The molecule has 0 aliphatic heterocycles. The minimum atomic E-state index is -0.0863. The number of hydrogen-bond donors (Lipinski definition) is 0. The normalized spacial score (nSPS) is 13.1. The van der Waals surface area contributed by atoms with E-state index in [9.17, 15) is 0 Å². The van der Waals surface area contributed by atoms with Gasteiger partial charge in [-0.25, -0.2) is 0 Å². The van der Waals surface area contributed by atoms with Gasteiger partial charge in [-0.15, -0.1) is 0 Å². The molecule has 0 saturated carbocycles. The van der Waals surface area contributed by atoms with Crippen molar-refractivity contribution in [2.75, 3.05) is 0 Å². The highest BCUT2D eigenvalue weighted by atomic mass is 14.4. The van der Waals surface area contributed by atoms with Gasteiger partial charge in [0.1, 0.15) is 0 Å². The van der Waals surface area contributed by atoms with E-state index < -0.39 is 0 Å². The van der Waals surface area contributed by atoms with Crippen LogP contribution in [0.3, 0.4) is 0 Å². The monoisotopic (exact) mass is 598 g/mol. The largest absolute Gasteiger partial charge is 0.0622 e. The molecule has 47 heavy (non-hydrogen) atoms. The van der Waals surface area contributed by atoms with Crippen molar-refractivity contribution in [2.45, 2.75) is 19.3 Å². The van der Waals surface area contributed by atoms with E-state index >= 15 is 0 Å². The van der Waals surface area contributed by atoms with E-state index in [1.165, 1.54) is 88.3 Å². The fraction of sp³-hybridized carbons (Fsp3) is 0.0638. The Morgan fingerprint density at radius 3 is 1.32 bits per heavy atom. The fourth-order valence-electron chi connectivity index (χ4n) is 7.77. The standard InChI is InChI=1S/C47H34/c1-47(2)43-29-28-37-12-6-7-13-39(37)45(43)46-41-15-9-8-14-40(41)42(30-44(46)47)38-26-24-36(25-27-38)35-22-20-34(21-23-35)33-18-16-32(17-19-33)31-10-4-3-5-11-31/h3-30H,1-2H3. The van der Waals surface area contributed by atoms with Crippen LogP contribution >= 0.6 is 0 Å². The summed E-state index contributed by atoms with van der Waals surface area (Å²) in [6, 6.07) is 62.4. The van der Waals surface area contributed by atoms with Gasteiger partial charge in [0.15, 0.2) is 0 Å². The lowest BCUT2D eigenvalue weighted by Crippen LogP contribution is -2.15. The van der Waals surface area contributed by atoms with Gasteiger partial charge in [0.05, 0.1) is 0 Å². The molecule has 0 radical (unpaired) electrons. The van der Waals surface area contributed by atoms with Crippen LogP contribution < -0.4 is 0 Å². The Balaban J connectivity index is 1.07. The van der Waals surface area contributed by atoms with Gasteiger partial charge in [-0.1, -0.05) is 178 Å². The van der Waals surface area contributed by atoms with Crippen molar-refractivity contribution in [3.05, 3.63) is 181 Å². The second-order valence-electron chi connectivity index (χ2n) is 13.3. The Labute approximate surface area is 276 Å². The van der Waals surface area contributed by atoms with Gasteiger partial charge in [-0.2, -0.15) is 0 Å². The summed E-state index contributed by atoms with van der Waals surface area (Å²) in [6.45, 7) is 4.77. The summed E-state index contributed by atoms with van der Waals surface area (Å²) in [5, 5.41) is 5.28. The second kappa shape index (κ2) is 10.7. The predicted octanol–water partition coefficient (Wildman–Crippen LogP) is 13.0. The quantitative estimate of drug-likeness (QED) is 0.189. The SMILES string of the molecule is CC1(C)c2ccc3ccccc3c2-c2c1cc(-c1ccc(-c3ccc(-c4ccc(-c5ccccc5)cc4)cc3)cc1)c1ccccc21. The lowest BCUT2D eigenvalue weighted by molar-refractivity contribution is 0.661. The lowest BCUT2D eigenvalue weighted by atomic mass is 9.80. The maximum Gasteiger partial charge on any atom is 0.0159 e. The zero-order chi connectivity index (χ0) is 31.5. The Bertz CT molecular complexity index is 2430. The van der Waals surface area contributed by atoms with Crippen molar-refractivity contribution in [3.8, 4) is 55.6 Å². The van der Waals surface area contributed by atoms with Crippen LogP contribution in [0.2, 0.25) is 0 Å². The van der Waals surface area contributed by atoms with Crippen LogP contribution in [-0.2, 0) is 5.41 Å². The summed E-state index contributed by atoms with van der Waals surface area (Å²) in [4.78, 5) is 0. The Kier molecular flexibility index (Phi) is 6.27. The first-order valence-corrected chi connectivity index (χ1v) is 16.5. The minimum absolute atomic E-state index is 0.0863. The lowest BCUT2D eigenvalue weighted by Gasteiger charge is -2.23. The Morgan fingerprint density at radius 2 is 0.745 bits per heavy atom. The molecule has 1 aliphatic carbocycles. The molecule has 8 aromatic carbocycles. The van der Waals surface area contributed by atoms with Gasteiger partial charge >= 0.3 is 0 Å². The molecule has 0 spiro atoms. The van der Waals surface area contributed by atoms with Gasteiger partial charge < -0.3 is 0 Å². The highest BCUT2D eigenvalue weighted by Gasteiger charge is 2.38. The molecule has 1 aliphatic rings. The van der Waals surface area contributed by atoms with Crippen LogP contribution in [0.4, 0.5) is 0 Å². The molecule has 0 bridgehead atoms. The van der Waals surface area contributed by atoms with E-state index in [0.29, 0.717) is 0 Å². The first-order chi connectivity index (χ1) is 23.1. The molecule has 9 rings (SSSR count). The molecule has 0 saturated heterocycles. The average Bonchev–Trinajstić information content (AvgIpc) is 3.38. The van der Waals surface area contributed by atoms with E-state index in [1.54, 1.807) is 0 Å². The van der Waals surface area contributed by atoms with Crippen molar-refractivity contribution in [1.29, 1.82) is 0 Å². The van der Waals surface area contributed by atoms with Crippen LogP contribution in [0.25, 0.3) is 77.2 Å². The molecular weight excluding hydrogens is 565 g/mol. The minimum Gasteiger partial charge on any atom is -0.0622 e. The summed E-state index contributed by atoms with van der Waals surface area (Å²) >= 11 is 0. The highest BCUT2D eigenvalue weighted by Crippen LogP contribution is 2.55. The van der Waals surface area contributed by atoms with Crippen LogP contribution in [0.15, 0.2) is 170 Å². The van der Waals surface area contributed by atoms with E-state index in [2.05, 4.69) is 184 Å².